The van der Waals surface area contributed by atoms with Gasteiger partial charge >= 0.3 is 0 Å². The summed E-state index contributed by atoms with van der Waals surface area (Å²) in [5.41, 5.74) is 11.2. The summed E-state index contributed by atoms with van der Waals surface area (Å²) >= 11 is 0. The second-order valence-electron chi connectivity index (χ2n) is 7.29. The maximum atomic E-state index is 11.4. The Hall–Kier alpha value is -1.81. The van der Waals surface area contributed by atoms with Crippen LogP contribution in [0.3, 0.4) is 0 Å². The SMILES string of the molecule is CC.CC(C)c1ccc2c(c1)c1c3n2CCN(CC(N)=O)C3CCC1. The third-order valence-corrected chi connectivity index (χ3v) is 5.53. The van der Waals surface area contributed by atoms with Gasteiger partial charge in [-0.2, -0.15) is 0 Å². The Morgan fingerprint density at radius 2 is 2.04 bits per heavy atom. The quantitative estimate of drug-likeness (QED) is 0.918. The number of aromatic nitrogens is 1. The Balaban J connectivity index is 0.000000880. The summed E-state index contributed by atoms with van der Waals surface area (Å²) in [6.45, 7) is 10.7. The number of nitrogens with zero attached hydrogens (tertiary/aromatic N) is 2. The highest BCUT2D eigenvalue weighted by Crippen LogP contribution is 2.42. The predicted octanol–water partition coefficient (Wildman–Crippen LogP) is 3.97. The number of carbonyl (C=O) groups excluding carboxylic acids is 1. The molecule has 1 unspecified atom stereocenters. The molecule has 4 rings (SSSR count). The zero-order valence-corrected chi connectivity index (χ0v) is 16.0. The van der Waals surface area contributed by atoms with E-state index in [2.05, 4.69) is 41.5 Å². The second-order valence-corrected chi connectivity index (χ2v) is 7.29. The molecule has 0 bridgehead atoms. The van der Waals surface area contributed by atoms with Crippen molar-refractivity contribution >= 4 is 16.8 Å². The first kappa shape index (κ1) is 18.0. The standard InChI is InChI=1S/C19H25N3O.C2H6/c1-12(2)13-6-7-16-15(10-13)14-4-3-5-17-19(14)22(16)9-8-21(17)11-18(20)23;1-2/h6-7,10,12,17H,3-5,8-9,11H2,1-2H3,(H2,20,23);1-2H3. The van der Waals surface area contributed by atoms with Crippen molar-refractivity contribution in [1.82, 2.24) is 9.47 Å². The van der Waals surface area contributed by atoms with Crippen molar-refractivity contribution in [3.8, 4) is 0 Å². The molecule has 1 aliphatic heterocycles. The molecule has 1 amide bonds. The molecule has 0 spiro atoms. The molecule has 1 aromatic heterocycles. The molecule has 1 atom stereocenters. The van der Waals surface area contributed by atoms with E-state index in [4.69, 9.17) is 5.73 Å². The van der Waals surface area contributed by atoms with Crippen LogP contribution >= 0.6 is 0 Å². The van der Waals surface area contributed by atoms with Crippen molar-refractivity contribution in [2.24, 2.45) is 5.73 Å². The number of nitrogens with two attached hydrogens (primary N) is 1. The summed E-state index contributed by atoms with van der Waals surface area (Å²) in [6.07, 6.45) is 3.48. The maximum absolute atomic E-state index is 11.4. The lowest BCUT2D eigenvalue weighted by atomic mass is 9.89. The molecule has 0 radical (unpaired) electrons. The summed E-state index contributed by atoms with van der Waals surface area (Å²) in [7, 11) is 0. The molecule has 0 saturated heterocycles. The third kappa shape index (κ3) is 3.08. The van der Waals surface area contributed by atoms with Crippen LogP contribution in [0.4, 0.5) is 0 Å². The van der Waals surface area contributed by atoms with Crippen LogP contribution in [0.1, 0.15) is 69.3 Å². The highest BCUT2D eigenvalue weighted by molar-refractivity contribution is 5.87. The molecule has 1 aromatic carbocycles. The van der Waals surface area contributed by atoms with Crippen LogP contribution in [0, 0.1) is 0 Å². The molecule has 0 fully saturated rings. The molecule has 4 heteroatoms. The molecule has 0 saturated carbocycles. The Morgan fingerprint density at radius 1 is 1.28 bits per heavy atom. The number of rotatable bonds is 3. The van der Waals surface area contributed by atoms with Crippen LogP contribution < -0.4 is 5.73 Å². The van der Waals surface area contributed by atoms with Gasteiger partial charge in [0.1, 0.15) is 0 Å². The number of primary amides is 1. The molecule has 2 aliphatic rings. The van der Waals surface area contributed by atoms with Crippen molar-refractivity contribution in [3.05, 3.63) is 35.0 Å². The van der Waals surface area contributed by atoms with Crippen molar-refractivity contribution in [3.63, 3.8) is 0 Å². The Kier molecular flexibility index (Phi) is 5.19. The fraction of sp³-hybridized carbons (Fsp3) is 0.571. The number of hydrogen-bond acceptors (Lipinski definition) is 2. The monoisotopic (exact) mass is 341 g/mol. The van der Waals surface area contributed by atoms with Crippen molar-refractivity contribution in [2.45, 2.75) is 65.5 Å². The average Bonchev–Trinajstić information content (AvgIpc) is 2.94. The normalized spacial score (nSPS) is 19.5. The number of benzene rings is 1. The molecular formula is C21H31N3O. The van der Waals surface area contributed by atoms with Gasteiger partial charge in [-0.05, 0) is 48.4 Å². The smallest absolute Gasteiger partial charge is 0.231 e. The zero-order valence-electron chi connectivity index (χ0n) is 16.0. The van der Waals surface area contributed by atoms with Gasteiger partial charge in [-0.3, -0.25) is 9.69 Å². The van der Waals surface area contributed by atoms with Gasteiger partial charge in [-0.15, -0.1) is 0 Å². The first-order valence-corrected chi connectivity index (χ1v) is 9.73. The zero-order chi connectivity index (χ0) is 18.1. The highest BCUT2D eigenvalue weighted by Gasteiger charge is 2.35. The van der Waals surface area contributed by atoms with E-state index in [1.54, 1.807) is 0 Å². The van der Waals surface area contributed by atoms with Crippen molar-refractivity contribution in [1.29, 1.82) is 0 Å². The average molecular weight is 341 g/mol. The Bertz CT molecular complexity index is 775. The second kappa shape index (κ2) is 7.20. The summed E-state index contributed by atoms with van der Waals surface area (Å²) in [5, 5.41) is 1.43. The summed E-state index contributed by atoms with van der Waals surface area (Å²) in [5.74, 6) is 0.332. The minimum Gasteiger partial charge on any atom is -0.369 e. The van der Waals surface area contributed by atoms with Crippen molar-refractivity contribution in [2.75, 3.05) is 13.1 Å². The largest absolute Gasteiger partial charge is 0.369 e. The third-order valence-electron chi connectivity index (χ3n) is 5.53. The van der Waals surface area contributed by atoms with E-state index < -0.39 is 0 Å². The fourth-order valence-electron chi connectivity index (χ4n) is 4.44. The molecule has 4 nitrogen and oxygen atoms in total. The Labute approximate surface area is 151 Å². The summed E-state index contributed by atoms with van der Waals surface area (Å²) < 4.78 is 2.50. The van der Waals surface area contributed by atoms with E-state index in [1.807, 2.05) is 13.8 Å². The van der Waals surface area contributed by atoms with Gasteiger partial charge in [0.2, 0.25) is 5.91 Å². The molecule has 2 aromatic rings. The van der Waals surface area contributed by atoms with Gasteiger partial charge in [0.05, 0.1) is 12.6 Å². The first-order valence-electron chi connectivity index (χ1n) is 9.73. The van der Waals surface area contributed by atoms with E-state index >= 15 is 0 Å². The van der Waals surface area contributed by atoms with E-state index in [1.165, 1.54) is 34.1 Å². The number of hydrogen-bond donors (Lipinski definition) is 1. The first-order chi connectivity index (χ1) is 12.1. The van der Waals surface area contributed by atoms with Crippen LogP contribution in [0.25, 0.3) is 10.9 Å². The van der Waals surface area contributed by atoms with E-state index in [-0.39, 0.29) is 5.91 Å². The molecular weight excluding hydrogens is 310 g/mol. The van der Waals surface area contributed by atoms with Gasteiger partial charge < -0.3 is 10.3 Å². The van der Waals surface area contributed by atoms with Gasteiger partial charge in [0, 0.05) is 29.7 Å². The van der Waals surface area contributed by atoms with E-state index in [0.29, 0.717) is 18.5 Å². The highest BCUT2D eigenvalue weighted by atomic mass is 16.1. The van der Waals surface area contributed by atoms with Gasteiger partial charge in [-0.25, -0.2) is 0 Å². The molecule has 25 heavy (non-hydrogen) atoms. The minimum atomic E-state index is -0.219. The Morgan fingerprint density at radius 3 is 2.72 bits per heavy atom. The number of aryl methyl sites for hydroxylation is 1. The molecule has 1 aliphatic carbocycles. The van der Waals surface area contributed by atoms with Crippen LogP contribution in [-0.2, 0) is 17.8 Å². The molecule has 136 valence electrons. The predicted molar refractivity (Wildman–Crippen MR) is 104 cm³/mol. The number of fused-ring (bicyclic) bond motifs is 3. The van der Waals surface area contributed by atoms with Crippen LogP contribution in [0.2, 0.25) is 0 Å². The van der Waals surface area contributed by atoms with Crippen LogP contribution in [0.15, 0.2) is 18.2 Å². The maximum Gasteiger partial charge on any atom is 0.231 e. The lowest BCUT2D eigenvalue weighted by Gasteiger charge is -2.39. The van der Waals surface area contributed by atoms with Crippen LogP contribution in [0.5, 0.6) is 0 Å². The lowest BCUT2D eigenvalue weighted by Crippen LogP contribution is -2.43. The van der Waals surface area contributed by atoms with E-state index in [9.17, 15) is 4.79 Å². The fourth-order valence-corrected chi connectivity index (χ4v) is 4.44. The topological polar surface area (TPSA) is 51.3 Å². The van der Waals surface area contributed by atoms with Crippen LogP contribution in [-0.4, -0.2) is 28.5 Å². The summed E-state index contributed by atoms with van der Waals surface area (Å²) in [6, 6.07) is 7.31. The minimum absolute atomic E-state index is 0.219. The lowest BCUT2D eigenvalue weighted by molar-refractivity contribution is -0.120. The van der Waals surface area contributed by atoms with E-state index in [0.717, 1.165) is 25.9 Å². The summed E-state index contributed by atoms with van der Waals surface area (Å²) in [4.78, 5) is 13.7. The van der Waals surface area contributed by atoms with Gasteiger partial charge in [0.15, 0.2) is 0 Å². The van der Waals surface area contributed by atoms with Gasteiger partial charge in [0.25, 0.3) is 0 Å². The molecule has 2 N–H and O–H groups in total. The van der Waals surface area contributed by atoms with Crippen molar-refractivity contribution < 1.29 is 4.79 Å². The van der Waals surface area contributed by atoms with Gasteiger partial charge in [-0.1, -0.05) is 33.8 Å². The number of amides is 1. The number of carbonyl (C=O) groups is 1. The molecule has 2 heterocycles.